The highest BCUT2D eigenvalue weighted by molar-refractivity contribution is 5.94. The van der Waals surface area contributed by atoms with Crippen LogP contribution in [0.4, 0.5) is 0 Å². The van der Waals surface area contributed by atoms with E-state index in [1.807, 2.05) is 0 Å². The number of rotatable bonds is 5. The fraction of sp³-hybridized carbons (Fsp3) is 0.500. The summed E-state index contributed by atoms with van der Waals surface area (Å²) in [5.74, 6) is 0.578. The smallest absolute Gasteiger partial charge is 0.254 e. The van der Waals surface area contributed by atoms with Crippen molar-refractivity contribution in [3.63, 3.8) is 0 Å². The fourth-order valence-corrected chi connectivity index (χ4v) is 1.19. The minimum absolute atomic E-state index is 0.0757. The molecule has 0 saturated heterocycles. The van der Waals surface area contributed by atoms with Gasteiger partial charge in [-0.05, 0) is 32.4 Å². The second-order valence-electron chi connectivity index (χ2n) is 3.14. The Morgan fingerprint density at radius 3 is 2.93 bits per heavy atom. The van der Waals surface area contributed by atoms with Crippen LogP contribution < -0.4 is 11.1 Å². The molecule has 3 N–H and O–H groups in total. The summed E-state index contributed by atoms with van der Waals surface area (Å²) in [7, 11) is 0. The summed E-state index contributed by atoms with van der Waals surface area (Å²) in [5, 5.41) is 2.81. The third-order valence-corrected chi connectivity index (χ3v) is 2.02. The predicted octanol–water partition coefficient (Wildman–Crippen LogP) is 1.06. The fourth-order valence-electron chi connectivity index (χ4n) is 1.19. The molecule has 1 heterocycles. The number of furan rings is 1. The zero-order chi connectivity index (χ0) is 10.4. The van der Waals surface area contributed by atoms with Gasteiger partial charge in [-0.2, -0.15) is 0 Å². The van der Waals surface area contributed by atoms with Crippen LogP contribution in [0.15, 0.2) is 16.7 Å². The molecule has 0 spiro atoms. The first-order valence-corrected chi connectivity index (χ1v) is 4.78. The van der Waals surface area contributed by atoms with E-state index < -0.39 is 0 Å². The quantitative estimate of drug-likeness (QED) is 0.692. The number of carbonyl (C=O) groups is 1. The second kappa shape index (κ2) is 5.44. The molecule has 0 bridgehead atoms. The van der Waals surface area contributed by atoms with Gasteiger partial charge in [0.15, 0.2) is 0 Å². The highest BCUT2D eigenvalue weighted by atomic mass is 16.3. The van der Waals surface area contributed by atoms with Crippen molar-refractivity contribution in [2.75, 3.05) is 13.1 Å². The van der Waals surface area contributed by atoms with Gasteiger partial charge in [0.1, 0.15) is 5.76 Å². The van der Waals surface area contributed by atoms with Crippen LogP contribution in [-0.2, 0) is 0 Å². The highest BCUT2D eigenvalue weighted by Gasteiger charge is 2.09. The molecule has 1 rings (SSSR count). The van der Waals surface area contributed by atoms with Gasteiger partial charge in [0.05, 0.1) is 11.8 Å². The van der Waals surface area contributed by atoms with Crippen LogP contribution in [0.1, 0.15) is 29.0 Å². The molecule has 78 valence electrons. The first kappa shape index (κ1) is 10.8. The second-order valence-corrected chi connectivity index (χ2v) is 3.14. The lowest BCUT2D eigenvalue weighted by Crippen LogP contribution is -2.25. The Kier molecular flexibility index (Phi) is 4.19. The van der Waals surface area contributed by atoms with Gasteiger partial charge in [-0.15, -0.1) is 0 Å². The predicted molar refractivity (Wildman–Crippen MR) is 54.1 cm³/mol. The van der Waals surface area contributed by atoms with E-state index in [0.29, 0.717) is 24.4 Å². The van der Waals surface area contributed by atoms with Gasteiger partial charge in [-0.1, -0.05) is 0 Å². The minimum atomic E-state index is -0.0757. The summed E-state index contributed by atoms with van der Waals surface area (Å²) in [4.78, 5) is 11.5. The van der Waals surface area contributed by atoms with Crippen LogP contribution >= 0.6 is 0 Å². The van der Waals surface area contributed by atoms with E-state index in [0.717, 1.165) is 12.8 Å². The highest BCUT2D eigenvalue weighted by Crippen LogP contribution is 2.07. The van der Waals surface area contributed by atoms with Gasteiger partial charge in [-0.25, -0.2) is 0 Å². The molecular weight excluding hydrogens is 180 g/mol. The molecule has 0 saturated carbocycles. The molecule has 14 heavy (non-hydrogen) atoms. The number of unbranched alkanes of at least 4 members (excludes halogenated alkanes) is 1. The Labute approximate surface area is 83.5 Å². The molecule has 0 aliphatic carbocycles. The third kappa shape index (κ3) is 2.88. The van der Waals surface area contributed by atoms with Crippen LogP contribution in [0.5, 0.6) is 0 Å². The standard InChI is InChI=1S/C10H16N2O2/c1-8-9(4-7-14-8)10(13)12-6-3-2-5-11/h4,7H,2-3,5-6,11H2,1H3,(H,12,13). The lowest BCUT2D eigenvalue weighted by molar-refractivity contribution is 0.0951. The zero-order valence-corrected chi connectivity index (χ0v) is 8.38. The SMILES string of the molecule is Cc1occc1C(=O)NCCCCN. The Balaban J connectivity index is 2.32. The number of hydrogen-bond acceptors (Lipinski definition) is 3. The van der Waals surface area contributed by atoms with Crippen molar-refractivity contribution in [2.24, 2.45) is 5.73 Å². The lowest BCUT2D eigenvalue weighted by Gasteiger charge is -2.02. The number of nitrogens with one attached hydrogen (secondary N) is 1. The van der Waals surface area contributed by atoms with E-state index in [9.17, 15) is 4.79 Å². The topological polar surface area (TPSA) is 68.3 Å². The van der Waals surface area contributed by atoms with E-state index in [2.05, 4.69) is 5.32 Å². The first-order chi connectivity index (χ1) is 6.75. The third-order valence-electron chi connectivity index (χ3n) is 2.02. The molecule has 0 radical (unpaired) electrons. The van der Waals surface area contributed by atoms with E-state index in [1.165, 1.54) is 6.26 Å². The summed E-state index contributed by atoms with van der Waals surface area (Å²) in [6.45, 7) is 3.11. The number of hydrogen-bond donors (Lipinski definition) is 2. The number of carbonyl (C=O) groups excluding carboxylic acids is 1. The first-order valence-electron chi connectivity index (χ1n) is 4.78. The van der Waals surface area contributed by atoms with E-state index in [1.54, 1.807) is 13.0 Å². The van der Waals surface area contributed by atoms with Gasteiger partial charge in [0.25, 0.3) is 5.91 Å². The normalized spacial score (nSPS) is 10.1. The van der Waals surface area contributed by atoms with Gasteiger partial charge in [-0.3, -0.25) is 4.79 Å². The Bertz CT molecular complexity index is 294. The molecule has 0 fully saturated rings. The molecule has 0 atom stereocenters. The summed E-state index contributed by atoms with van der Waals surface area (Å²) in [5.41, 5.74) is 5.95. The largest absolute Gasteiger partial charge is 0.469 e. The van der Waals surface area contributed by atoms with Gasteiger partial charge < -0.3 is 15.5 Å². The van der Waals surface area contributed by atoms with Crippen LogP contribution in [-0.4, -0.2) is 19.0 Å². The average Bonchev–Trinajstić information content (AvgIpc) is 2.59. The molecule has 1 amide bonds. The van der Waals surface area contributed by atoms with Crippen LogP contribution in [0.2, 0.25) is 0 Å². The van der Waals surface area contributed by atoms with Crippen molar-refractivity contribution in [3.8, 4) is 0 Å². The molecular formula is C10H16N2O2. The molecule has 4 nitrogen and oxygen atoms in total. The number of aryl methyl sites for hydroxylation is 1. The molecule has 1 aromatic rings. The van der Waals surface area contributed by atoms with Crippen LogP contribution in [0.3, 0.4) is 0 Å². The molecule has 4 heteroatoms. The number of nitrogens with two attached hydrogens (primary N) is 1. The lowest BCUT2D eigenvalue weighted by atomic mass is 10.2. The van der Waals surface area contributed by atoms with Crippen molar-refractivity contribution in [1.29, 1.82) is 0 Å². The van der Waals surface area contributed by atoms with Gasteiger partial charge in [0, 0.05) is 6.54 Å². The molecule has 1 aromatic heterocycles. The van der Waals surface area contributed by atoms with Crippen molar-refractivity contribution in [3.05, 3.63) is 23.7 Å². The summed E-state index contributed by atoms with van der Waals surface area (Å²) in [6, 6.07) is 1.67. The maximum Gasteiger partial charge on any atom is 0.254 e. The van der Waals surface area contributed by atoms with Crippen molar-refractivity contribution >= 4 is 5.91 Å². The molecule has 0 aliphatic rings. The van der Waals surface area contributed by atoms with E-state index in [-0.39, 0.29) is 5.91 Å². The van der Waals surface area contributed by atoms with Crippen LogP contribution in [0.25, 0.3) is 0 Å². The van der Waals surface area contributed by atoms with Gasteiger partial charge in [0.2, 0.25) is 0 Å². The Morgan fingerprint density at radius 2 is 2.36 bits per heavy atom. The Hall–Kier alpha value is -1.29. The van der Waals surface area contributed by atoms with Crippen LogP contribution in [0, 0.1) is 6.92 Å². The molecule has 0 unspecified atom stereocenters. The van der Waals surface area contributed by atoms with Gasteiger partial charge >= 0.3 is 0 Å². The summed E-state index contributed by atoms with van der Waals surface area (Å²) < 4.78 is 5.03. The molecule has 0 aliphatic heterocycles. The average molecular weight is 196 g/mol. The minimum Gasteiger partial charge on any atom is -0.469 e. The summed E-state index contributed by atoms with van der Waals surface area (Å²) >= 11 is 0. The van der Waals surface area contributed by atoms with Crippen molar-refractivity contribution < 1.29 is 9.21 Å². The number of amides is 1. The monoisotopic (exact) mass is 196 g/mol. The van der Waals surface area contributed by atoms with Crippen molar-refractivity contribution in [1.82, 2.24) is 5.32 Å². The maximum atomic E-state index is 11.5. The molecule has 0 aromatic carbocycles. The van der Waals surface area contributed by atoms with E-state index in [4.69, 9.17) is 10.2 Å². The van der Waals surface area contributed by atoms with E-state index >= 15 is 0 Å². The maximum absolute atomic E-state index is 11.5. The zero-order valence-electron chi connectivity index (χ0n) is 8.38. The summed E-state index contributed by atoms with van der Waals surface area (Å²) in [6.07, 6.45) is 3.37. The van der Waals surface area contributed by atoms with Crippen molar-refractivity contribution in [2.45, 2.75) is 19.8 Å². The Morgan fingerprint density at radius 1 is 1.57 bits per heavy atom.